The zero-order chi connectivity index (χ0) is 46.4. The Bertz CT molecular complexity index is 4720. The van der Waals surface area contributed by atoms with E-state index in [1.165, 1.54) is 0 Å². The predicted molar refractivity (Wildman–Crippen MR) is 287 cm³/mol. The number of rotatable bonds is 4. The molecule has 10 aromatic carbocycles. The summed E-state index contributed by atoms with van der Waals surface area (Å²) in [5, 5.41) is 22.9. The minimum atomic E-state index is 0.356. The van der Waals surface area contributed by atoms with Crippen LogP contribution in [0.4, 0.5) is 5.69 Å². The number of hydrogen-bond donors (Lipinski definition) is 0. The second-order valence-corrected chi connectivity index (χ2v) is 18.2. The number of aromatic nitrogens is 4. The summed E-state index contributed by atoms with van der Waals surface area (Å²) < 4.78 is 15.7. The number of nitrogens with zero attached hydrogens (tertiary/aromatic N) is 6. The number of benzene rings is 10. The van der Waals surface area contributed by atoms with Crippen LogP contribution in [-0.2, 0) is 0 Å². The van der Waals surface area contributed by atoms with Crippen LogP contribution in [0.15, 0.2) is 205 Å². The van der Waals surface area contributed by atoms with Gasteiger partial charge in [0, 0.05) is 53.9 Å². The van der Waals surface area contributed by atoms with Crippen LogP contribution in [-0.4, -0.2) is 18.3 Å². The summed E-state index contributed by atoms with van der Waals surface area (Å²) in [6.45, 7) is 11.8. The van der Waals surface area contributed by atoms with Crippen molar-refractivity contribution in [1.82, 2.24) is 18.3 Å². The Morgan fingerprint density at radius 3 is 1.27 bits per heavy atom. The normalized spacial score (nSPS) is 12.0. The van der Waals surface area contributed by atoms with E-state index in [2.05, 4.69) is 207 Å². The zero-order valence-corrected chi connectivity index (χ0v) is 37.6. The summed E-state index contributed by atoms with van der Waals surface area (Å²) in [6.07, 6.45) is 0. The molecule has 0 saturated heterocycles. The number of fused-ring (bicyclic) bond motifs is 16. The minimum absolute atomic E-state index is 0.356. The van der Waals surface area contributed by atoms with Gasteiger partial charge in [0.2, 0.25) is 5.69 Å². The van der Waals surface area contributed by atoms with Crippen LogP contribution in [0.25, 0.3) is 137 Å². The van der Waals surface area contributed by atoms with Crippen molar-refractivity contribution in [2.75, 3.05) is 0 Å². The molecule has 0 fully saturated rings. The van der Waals surface area contributed by atoms with E-state index in [4.69, 9.17) is 9.26 Å². The smallest absolute Gasteiger partial charge is 0.237 e. The summed E-state index contributed by atoms with van der Waals surface area (Å²) >= 11 is 0. The van der Waals surface area contributed by atoms with Crippen molar-refractivity contribution in [3.8, 4) is 28.8 Å². The van der Waals surface area contributed by atoms with Crippen molar-refractivity contribution in [2.24, 2.45) is 0 Å². The standard InChI is InChI=1S/C63H36N6O/c1-37-31-32-53-45(35-37)57-54(33-34-56-58(57)44-23-9-16-30-55(44)70-56)69(53)61-46(36-64)60(66-47-24-10-3-17-38(47)39-18-4-11-25-48(39)66)59(65-2)62(67-49-26-12-5-19-40(49)41-20-6-13-27-50(41)67)63(61)68-51-28-14-7-21-42(51)43-22-8-15-29-52(43)68/h3-35H,1H3. The maximum Gasteiger partial charge on any atom is 0.237 e. The molecule has 0 saturated carbocycles. The van der Waals surface area contributed by atoms with Gasteiger partial charge in [0.25, 0.3) is 0 Å². The number of aryl methyl sites for hydroxylation is 1. The molecule has 0 spiro atoms. The van der Waals surface area contributed by atoms with Crippen LogP contribution in [0.2, 0.25) is 0 Å². The first-order valence-corrected chi connectivity index (χ1v) is 23.5. The first-order chi connectivity index (χ1) is 34.6. The molecule has 15 rings (SSSR count). The second kappa shape index (κ2) is 14.1. The van der Waals surface area contributed by atoms with E-state index in [-0.39, 0.29) is 0 Å². The Morgan fingerprint density at radius 1 is 0.386 bits per heavy atom. The third kappa shape index (κ3) is 4.89. The van der Waals surface area contributed by atoms with Crippen LogP contribution in [0, 0.1) is 24.8 Å². The average molecular weight is 893 g/mol. The van der Waals surface area contributed by atoms with Crippen LogP contribution in [0.3, 0.4) is 0 Å². The molecular weight excluding hydrogens is 857 g/mol. The quantitative estimate of drug-likeness (QED) is 0.165. The lowest BCUT2D eigenvalue weighted by Gasteiger charge is -2.27. The van der Waals surface area contributed by atoms with E-state index in [0.29, 0.717) is 34.0 Å². The van der Waals surface area contributed by atoms with Gasteiger partial charge in [-0.15, -0.1) is 0 Å². The summed E-state index contributed by atoms with van der Waals surface area (Å²) in [4.78, 5) is 4.70. The number of nitriles is 1. The lowest BCUT2D eigenvalue weighted by Crippen LogP contribution is -2.14. The molecule has 0 N–H and O–H groups in total. The van der Waals surface area contributed by atoms with E-state index in [1.54, 1.807) is 0 Å². The zero-order valence-electron chi connectivity index (χ0n) is 37.6. The maximum atomic E-state index is 12.4. The molecule has 0 aliphatic rings. The van der Waals surface area contributed by atoms with Gasteiger partial charge < -0.3 is 22.7 Å². The fourth-order valence-corrected chi connectivity index (χ4v) is 11.9. The van der Waals surface area contributed by atoms with Crippen molar-refractivity contribution in [2.45, 2.75) is 6.92 Å². The molecule has 7 heteroatoms. The number of para-hydroxylation sites is 7. The van der Waals surface area contributed by atoms with Gasteiger partial charge in [-0.05, 0) is 73.7 Å². The Labute approximate surface area is 399 Å². The van der Waals surface area contributed by atoms with Crippen molar-refractivity contribution in [1.29, 1.82) is 5.26 Å². The molecule has 70 heavy (non-hydrogen) atoms. The van der Waals surface area contributed by atoms with E-state index in [0.717, 1.165) is 115 Å². The van der Waals surface area contributed by atoms with Crippen molar-refractivity contribution < 1.29 is 4.42 Å². The molecule has 0 bridgehead atoms. The van der Waals surface area contributed by atoms with Crippen LogP contribution < -0.4 is 0 Å². The van der Waals surface area contributed by atoms with Gasteiger partial charge in [-0.25, -0.2) is 4.85 Å². The van der Waals surface area contributed by atoms with Gasteiger partial charge in [0.15, 0.2) is 0 Å². The molecular formula is C63H36N6O. The van der Waals surface area contributed by atoms with E-state index < -0.39 is 0 Å². The molecule has 5 aromatic heterocycles. The summed E-state index contributed by atoms with van der Waals surface area (Å²) in [6, 6.07) is 72.5. The predicted octanol–water partition coefficient (Wildman–Crippen LogP) is 16.7. The molecule has 0 radical (unpaired) electrons. The third-order valence-corrected chi connectivity index (χ3v) is 14.7. The fourth-order valence-electron chi connectivity index (χ4n) is 11.9. The highest BCUT2D eigenvalue weighted by atomic mass is 16.3. The lowest BCUT2D eigenvalue weighted by molar-refractivity contribution is 0.669. The van der Waals surface area contributed by atoms with Crippen molar-refractivity contribution in [3.63, 3.8) is 0 Å². The highest BCUT2D eigenvalue weighted by Crippen LogP contribution is 2.52. The van der Waals surface area contributed by atoms with Gasteiger partial charge in [-0.1, -0.05) is 139 Å². The Hall–Kier alpha value is -9.82. The Morgan fingerprint density at radius 2 is 0.786 bits per heavy atom. The van der Waals surface area contributed by atoms with Crippen molar-refractivity contribution >= 4 is 115 Å². The molecule has 0 aliphatic heterocycles. The minimum Gasteiger partial charge on any atom is -0.456 e. The first-order valence-electron chi connectivity index (χ1n) is 23.5. The fraction of sp³-hybridized carbons (Fsp3) is 0.0159. The van der Waals surface area contributed by atoms with Gasteiger partial charge >= 0.3 is 0 Å². The third-order valence-electron chi connectivity index (χ3n) is 14.7. The first kappa shape index (κ1) is 38.3. The SMILES string of the molecule is [C-]#[N+]c1c(-n2c3ccccc3c3ccccc32)c(C#N)c(-n2c3ccc(C)cc3c3c4c(ccc32)oc2ccccc24)c(-n2c3ccccc3c3ccccc32)c1-n1c2ccccc2c2ccccc21. The topological polar surface area (TPSA) is 61.0 Å². The van der Waals surface area contributed by atoms with Gasteiger partial charge in [-0.2, -0.15) is 5.26 Å². The average Bonchev–Trinajstić information content (AvgIpc) is 4.21. The maximum absolute atomic E-state index is 12.4. The largest absolute Gasteiger partial charge is 0.456 e. The summed E-state index contributed by atoms with van der Waals surface area (Å²) in [7, 11) is 0. The van der Waals surface area contributed by atoms with E-state index in [9.17, 15) is 11.8 Å². The number of furan rings is 1. The molecule has 0 amide bonds. The molecule has 15 aromatic rings. The monoisotopic (exact) mass is 892 g/mol. The van der Waals surface area contributed by atoms with Crippen LogP contribution >= 0.6 is 0 Å². The molecule has 5 heterocycles. The van der Waals surface area contributed by atoms with Gasteiger partial charge in [-0.3, -0.25) is 0 Å². The van der Waals surface area contributed by atoms with Gasteiger partial charge in [0.05, 0.1) is 79.0 Å². The molecule has 0 atom stereocenters. The lowest BCUT2D eigenvalue weighted by atomic mass is 10.0. The second-order valence-electron chi connectivity index (χ2n) is 18.2. The summed E-state index contributed by atoms with van der Waals surface area (Å²) in [5.41, 5.74) is 13.4. The molecule has 324 valence electrons. The van der Waals surface area contributed by atoms with Crippen LogP contribution in [0.1, 0.15) is 11.1 Å². The van der Waals surface area contributed by atoms with E-state index in [1.807, 2.05) is 24.3 Å². The molecule has 7 nitrogen and oxygen atoms in total. The number of hydrogen-bond acceptors (Lipinski definition) is 2. The highest BCUT2D eigenvalue weighted by molar-refractivity contribution is 6.28. The molecule has 0 unspecified atom stereocenters. The summed E-state index contributed by atoms with van der Waals surface area (Å²) in [5.74, 6) is 0. The molecule has 0 aliphatic carbocycles. The van der Waals surface area contributed by atoms with E-state index >= 15 is 0 Å². The highest BCUT2D eigenvalue weighted by Gasteiger charge is 2.35. The van der Waals surface area contributed by atoms with Gasteiger partial charge in [0.1, 0.15) is 17.2 Å². The van der Waals surface area contributed by atoms with Crippen molar-refractivity contribution in [3.05, 3.63) is 223 Å². The Balaban J connectivity index is 1.29. The Kier molecular flexibility index (Phi) is 7.72. The van der Waals surface area contributed by atoms with Crippen LogP contribution in [0.5, 0.6) is 0 Å².